The van der Waals surface area contributed by atoms with Crippen LogP contribution in [-0.2, 0) is 0 Å². The van der Waals surface area contributed by atoms with Crippen LogP contribution in [0.2, 0.25) is 0 Å². The summed E-state index contributed by atoms with van der Waals surface area (Å²) in [4.78, 5) is 10.6. The molecule has 1 aromatic heterocycles. The third-order valence-corrected chi connectivity index (χ3v) is 3.40. The minimum Gasteiger partial charge on any atom is -0.497 e. The molecule has 20 heavy (non-hydrogen) atoms. The Balaban J connectivity index is 1.93. The molecule has 5 nitrogen and oxygen atoms in total. The number of rotatable bonds is 3. The molecule has 2 N–H and O–H groups in total. The lowest BCUT2D eigenvalue weighted by atomic mass is 10.1. The Kier molecular flexibility index (Phi) is 3.25. The van der Waals surface area contributed by atoms with E-state index in [1.54, 1.807) is 13.3 Å². The van der Waals surface area contributed by atoms with Crippen molar-refractivity contribution in [1.82, 2.24) is 4.98 Å². The first-order valence-electron chi connectivity index (χ1n) is 6.42. The first kappa shape index (κ1) is 12.5. The molecule has 0 spiro atoms. The summed E-state index contributed by atoms with van der Waals surface area (Å²) in [5, 5.41) is 0. The van der Waals surface area contributed by atoms with E-state index in [9.17, 15) is 0 Å². The molecule has 2 heterocycles. The average molecular weight is 268 g/mol. The molecule has 0 fully saturated rings. The van der Waals surface area contributed by atoms with E-state index in [-0.39, 0.29) is 6.04 Å². The van der Waals surface area contributed by atoms with Gasteiger partial charge in [-0.2, -0.15) is 0 Å². The first-order valence-corrected chi connectivity index (χ1v) is 6.42. The van der Waals surface area contributed by atoms with Crippen molar-refractivity contribution in [3.05, 3.63) is 54.4 Å². The highest BCUT2D eigenvalue weighted by Crippen LogP contribution is 2.31. The number of benzene rings is 1. The van der Waals surface area contributed by atoms with Crippen LogP contribution in [0.3, 0.4) is 0 Å². The molecular weight excluding hydrogens is 252 g/mol. The molecule has 102 valence electrons. The van der Waals surface area contributed by atoms with Gasteiger partial charge in [0.1, 0.15) is 5.75 Å². The van der Waals surface area contributed by atoms with Gasteiger partial charge < -0.3 is 15.4 Å². The number of pyridine rings is 1. The number of methoxy groups -OCH3 is 1. The molecule has 0 aliphatic carbocycles. The molecule has 0 saturated carbocycles. The molecule has 1 aliphatic rings. The number of nitrogens with two attached hydrogens (primary N) is 1. The Labute approximate surface area is 117 Å². The van der Waals surface area contributed by atoms with E-state index in [1.165, 1.54) is 0 Å². The van der Waals surface area contributed by atoms with Crippen molar-refractivity contribution in [3.8, 4) is 5.75 Å². The van der Waals surface area contributed by atoms with Crippen LogP contribution in [0, 0.1) is 0 Å². The zero-order chi connectivity index (χ0) is 13.9. The molecule has 0 radical (unpaired) electrons. The van der Waals surface area contributed by atoms with Crippen molar-refractivity contribution in [2.45, 2.75) is 6.04 Å². The third-order valence-electron chi connectivity index (χ3n) is 3.40. The van der Waals surface area contributed by atoms with E-state index < -0.39 is 0 Å². The van der Waals surface area contributed by atoms with Gasteiger partial charge in [0.15, 0.2) is 5.96 Å². The summed E-state index contributed by atoms with van der Waals surface area (Å²) in [6, 6.07) is 11.9. The van der Waals surface area contributed by atoms with Crippen molar-refractivity contribution in [3.63, 3.8) is 0 Å². The van der Waals surface area contributed by atoms with Crippen LogP contribution in [0.1, 0.15) is 11.6 Å². The van der Waals surface area contributed by atoms with Gasteiger partial charge in [0.2, 0.25) is 0 Å². The maximum Gasteiger partial charge on any atom is 0.196 e. The van der Waals surface area contributed by atoms with Crippen molar-refractivity contribution in [1.29, 1.82) is 0 Å². The zero-order valence-electron chi connectivity index (χ0n) is 11.2. The molecule has 5 heteroatoms. The van der Waals surface area contributed by atoms with Gasteiger partial charge in [-0.25, -0.2) is 0 Å². The number of anilines is 1. The van der Waals surface area contributed by atoms with Gasteiger partial charge in [-0.3, -0.25) is 9.98 Å². The van der Waals surface area contributed by atoms with Gasteiger partial charge in [-0.15, -0.1) is 0 Å². The van der Waals surface area contributed by atoms with E-state index in [0.717, 1.165) is 17.0 Å². The third kappa shape index (κ3) is 2.18. The highest BCUT2D eigenvalue weighted by molar-refractivity contribution is 5.97. The minimum atomic E-state index is 0.0945. The molecule has 1 aromatic carbocycles. The number of hydrogen-bond acceptors (Lipinski definition) is 5. The number of aliphatic imine (C=N–C) groups is 1. The Hall–Kier alpha value is -2.56. The summed E-state index contributed by atoms with van der Waals surface area (Å²) in [7, 11) is 1.65. The highest BCUT2D eigenvalue weighted by Gasteiger charge is 2.28. The smallest absolute Gasteiger partial charge is 0.196 e. The highest BCUT2D eigenvalue weighted by atomic mass is 16.5. The van der Waals surface area contributed by atoms with Crippen LogP contribution in [0.5, 0.6) is 5.75 Å². The summed E-state index contributed by atoms with van der Waals surface area (Å²) in [5.41, 5.74) is 8.14. The van der Waals surface area contributed by atoms with Crippen molar-refractivity contribution in [2.75, 3.05) is 18.6 Å². The lowest BCUT2D eigenvalue weighted by molar-refractivity contribution is 0.415. The Bertz CT molecular complexity index is 610. The van der Waals surface area contributed by atoms with Crippen LogP contribution in [0.15, 0.2) is 53.8 Å². The van der Waals surface area contributed by atoms with Gasteiger partial charge in [0.25, 0.3) is 0 Å². The minimum absolute atomic E-state index is 0.0945. The van der Waals surface area contributed by atoms with Crippen LogP contribution < -0.4 is 15.4 Å². The first-order chi connectivity index (χ1) is 9.79. The molecular formula is C15H16N4O. The quantitative estimate of drug-likeness (QED) is 0.924. The van der Waals surface area contributed by atoms with Crippen molar-refractivity contribution < 1.29 is 4.74 Å². The number of guanidine groups is 1. The molecule has 2 aromatic rings. The van der Waals surface area contributed by atoms with E-state index in [2.05, 4.69) is 9.98 Å². The van der Waals surface area contributed by atoms with Gasteiger partial charge in [0.05, 0.1) is 19.7 Å². The number of aromatic nitrogens is 1. The maximum atomic E-state index is 6.03. The average Bonchev–Trinajstić information content (AvgIpc) is 2.90. The summed E-state index contributed by atoms with van der Waals surface area (Å²) < 4.78 is 5.18. The fraction of sp³-hybridized carbons (Fsp3) is 0.200. The predicted molar refractivity (Wildman–Crippen MR) is 78.9 cm³/mol. The Morgan fingerprint density at radius 1 is 1.25 bits per heavy atom. The lowest BCUT2D eigenvalue weighted by Gasteiger charge is -2.26. The SMILES string of the molecule is COc1ccc(N2C(N)=NCC2c2cccnc2)cc1. The van der Waals surface area contributed by atoms with Crippen molar-refractivity contribution in [2.24, 2.45) is 10.7 Å². The van der Waals surface area contributed by atoms with Gasteiger partial charge >= 0.3 is 0 Å². The lowest BCUT2D eigenvalue weighted by Crippen LogP contribution is -2.36. The topological polar surface area (TPSA) is 63.7 Å². The normalized spacial score (nSPS) is 17.9. The summed E-state index contributed by atoms with van der Waals surface area (Å²) >= 11 is 0. The second-order valence-corrected chi connectivity index (χ2v) is 4.57. The van der Waals surface area contributed by atoms with Crippen LogP contribution >= 0.6 is 0 Å². The summed E-state index contributed by atoms with van der Waals surface area (Å²) in [6.45, 7) is 0.642. The molecule has 3 rings (SSSR count). The Morgan fingerprint density at radius 2 is 2.05 bits per heavy atom. The zero-order valence-corrected chi connectivity index (χ0v) is 11.2. The van der Waals surface area contributed by atoms with Crippen LogP contribution in [0.4, 0.5) is 5.69 Å². The van der Waals surface area contributed by atoms with E-state index in [0.29, 0.717) is 12.5 Å². The molecule has 0 saturated heterocycles. The molecule has 1 atom stereocenters. The molecule has 0 amide bonds. The molecule has 0 bridgehead atoms. The number of ether oxygens (including phenoxy) is 1. The summed E-state index contributed by atoms with van der Waals surface area (Å²) in [5.74, 6) is 1.35. The van der Waals surface area contributed by atoms with Gasteiger partial charge in [0, 0.05) is 18.1 Å². The van der Waals surface area contributed by atoms with E-state index >= 15 is 0 Å². The standard InChI is InChI=1S/C15H16N4O/c1-20-13-6-4-12(5-7-13)19-14(10-18-15(19)16)11-3-2-8-17-9-11/h2-9,14H,10H2,1H3,(H2,16,18). The van der Waals surface area contributed by atoms with Crippen molar-refractivity contribution >= 4 is 11.6 Å². The largest absolute Gasteiger partial charge is 0.497 e. The number of hydrogen-bond donors (Lipinski definition) is 1. The fourth-order valence-corrected chi connectivity index (χ4v) is 2.38. The van der Waals surface area contributed by atoms with Crippen LogP contribution in [-0.4, -0.2) is 24.6 Å². The van der Waals surface area contributed by atoms with E-state index in [1.807, 2.05) is 47.5 Å². The van der Waals surface area contributed by atoms with Gasteiger partial charge in [-0.1, -0.05) is 6.07 Å². The van der Waals surface area contributed by atoms with Crippen LogP contribution in [0.25, 0.3) is 0 Å². The number of nitrogens with zero attached hydrogens (tertiary/aromatic N) is 3. The predicted octanol–water partition coefficient (Wildman–Crippen LogP) is 1.97. The monoisotopic (exact) mass is 268 g/mol. The second-order valence-electron chi connectivity index (χ2n) is 4.57. The molecule has 1 unspecified atom stereocenters. The fourth-order valence-electron chi connectivity index (χ4n) is 2.38. The second kappa shape index (κ2) is 5.21. The summed E-state index contributed by atoms with van der Waals surface area (Å²) in [6.07, 6.45) is 3.62. The van der Waals surface area contributed by atoms with E-state index in [4.69, 9.17) is 10.5 Å². The van der Waals surface area contributed by atoms with Gasteiger partial charge in [-0.05, 0) is 35.9 Å². The molecule has 1 aliphatic heterocycles. The maximum absolute atomic E-state index is 6.03. The Morgan fingerprint density at radius 3 is 2.70 bits per heavy atom.